The molecule has 0 aromatic heterocycles. The smallest absolute Gasteiger partial charge is 0.227 e. The van der Waals surface area contributed by atoms with Gasteiger partial charge in [-0.15, -0.1) is 0 Å². The van der Waals surface area contributed by atoms with Crippen LogP contribution in [0, 0.1) is 11.8 Å². The van der Waals surface area contributed by atoms with E-state index in [4.69, 9.17) is 4.74 Å². The van der Waals surface area contributed by atoms with E-state index in [1.54, 1.807) is 0 Å². The Kier molecular flexibility index (Phi) is 2.66. The summed E-state index contributed by atoms with van der Waals surface area (Å²) in [5, 5.41) is 0. The first-order valence-corrected chi connectivity index (χ1v) is 6.71. The number of hydrogen-bond acceptors (Lipinski definition) is 2. The maximum atomic E-state index is 12.1. The SMILES string of the molecule is CC1CC2COC(C3CCCCC3)N2C1=O. The standard InChI is InChI=1S/C13H21NO2/c1-9-7-11-8-16-13(14(11)12(9)15)10-5-3-2-4-6-10/h9-11,13H,2-8H2,1H3. The summed E-state index contributed by atoms with van der Waals surface area (Å²) in [5.74, 6) is 1.16. The topological polar surface area (TPSA) is 29.5 Å². The van der Waals surface area contributed by atoms with Crippen LogP contribution in [0.5, 0.6) is 0 Å². The van der Waals surface area contributed by atoms with Crippen molar-refractivity contribution in [3.8, 4) is 0 Å². The van der Waals surface area contributed by atoms with Gasteiger partial charge in [-0.2, -0.15) is 0 Å². The van der Waals surface area contributed by atoms with Gasteiger partial charge in [0.15, 0.2) is 0 Å². The molecule has 0 aromatic rings. The van der Waals surface area contributed by atoms with Crippen LogP contribution in [0.2, 0.25) is 0 Å². The summed E-state index contributed by atoms with van der Waals surface area (Å²) in [6.45, 7) is 2.83. The van der Waals surface area contributed by atoms with Crippen LogP contribution in [-0.4, -0.2) is 29.7 Å². The molecule has 0 aromatic carbocycles. The van der Waals surface area contributed by atoms with Gasteiger partial charge in [-0.05, 0) is 19.3 Å². The van der Waals surface area contributed by atoms with Crippen molar-refractivity contribution >= 4 is 5.91 Å². The van der Waals surface area contributed by atoms with Crippen LogP contribution < -0.4 is 0 Å². The average molecular weight is 223 g/mol. The van der Waals surface area contributed by atoms with Crippen LogP contribution in [0.3, 0.4) is 0 Å². The van der Waals surface area contributed by atoms with E-state index in [0.29, 0.717) is 17.9 Å². The summed E-state index contributed by atoms with van der Waals surface area (Å²) < 4.78 is 5.88. The maximum absolute atomic E-state index is 12.1. The number of amides is 1. The first-order valence-electron chi connectivity index (χ1n) is 6.71. The fourth-order valence-electron chi connectivity index (χ4n) is 3.61. The lowest BCUT2D eigenvalue weighted by molar-refractivity contribution is -0.140. The molecule has 2 saturated heterocycles. The second-order valence-electron chi connectivity index (χ2n) is 5.66. The van der Waals surface area contributed by atoms with E-state index in [2.05, 4.69) is 11.8 Å². The Balaban J connectivity index is 1.74. The van der Waals surface area contributed by atoms with Gasteiger partial charge < -0.3 is 9.64 Å². The zero-order chi connectivity index (χ0) is 11.1. The minimum Gasteiger partial charge on any atom is -0.356 e. The summed E-state index contributed by atoms with van der Waals surface area (Å²) in [6.07, 6.45) is 7.59. The van der Waals surface area contributed by atoms with Crippen molar-refractivity contribution in [3.05, 3.63) is 0 Å². The second kappa shape index (κ2) is 4.02. The highest BCUT2D eigenvalue weighted by atomic mass is 16.5. The van der Waals surface area contributed by atoms with Crippen molar-refractivity contribution in [2.75, 3.05) is 6.61 Å². The van der Waals surface area contributed by atoms with Gasteiger partial charge in [-0.25, -0.2) is 0 Å². The number of ether oxygens (including phenoxy) is 1. The Labute approximate surface area is 97.1 Å². The van der Waals surface area contributed by atoms with Gasteiger partial charge >= 0.3 is 0 Å². The van der Waals surface area contributed by atoms with E-state index in [1.165, 1.54) is 32.1 Å². The van der Waals surface area contributed by atoms with Gasteiger partial charge in [-0.3, -0.25) is 4.79 Å². The van der Waals surface area contributed by atoms with Crippen LogP contribution >= 0.6 is 0 Å². The fourth-order valence-corrected chi connectivity index (χ4v) is 3.61. The molecule has 2 aliphatic heterocycles. The third kappa shape index (κ3) is 1.56. The molecule has 0 N–H and O–H groups in total. The minimum absolute atomic E-state index is 0.114. The summed E-state index contributed by atoms with van der Waals surface area (Å²) in [4.78, 5) is 14.2. The van der Waals surface area contributed by atoms with Crippen LogP contribution in [-0.2, 0) is 9.53 Å². The molecule has 2 heterocycles. The Morgan fingerprint density at radius 3 is 2.75 bits per heavy atom. The predicted molar refractivity (Wildman–Crippen MR) is 60.7 cm³/mol. The largest absolute Gasteiger partial charge is 0.356 e. The number of rotatable bonds is 1. The normalized spacial score (nSPS) is 40.4. The van der Waals surface area contributed by atoms with Crippen molar-refractivity contribution in [3.63, 3.8) is 0 Å². The molecule has 3 aliphatic rings. The molecule has 3 rings (SSSR count). The molecule has 0 spiro atoms. The zero-order valence-corrected chi connectivity index (χ0v) is 10.0. The zero-order valence-electron chi connectivity index (χ0n) is 10.0. The van der Waals surface area contributed by atoms with E-state index >= 15 is 0 Å². The van der Waals surface area contributed by atoms with E-state index in [0.717, 1.165) is 13.0 Å². The fraction of sp³-hybridized carbons (Fsp3) is 0.923. The first-order chi connectivity index (χ1) is 7.77. The van der Waals surface area contributed by atoms with Gasteiger partial charge in [-0.1, -0.05) is 26.2 Å². The van der Waals surface area contributed by atoms with E-state index < -0.39 is 0 Å². The highest BCUT2D eigenvalue weighted by molar-refractivity contribution is 5.81. The molecule has 0 bridgehead atoms. The molecule has 0 radical (unpaired) electrons. The number of fused-ring (bicyclic) bond motifs is 1. The number of carbonyl (C=O) groups is 1. The van der Waals surface area contributed by atoms with Gasteiger partial charge in [0, 0.05) is 11.8 Å². The van der Waals surface area contributed by atoms with Crippen molar-refractivity contribution < 1.29 is 9.53 Å². The number of nitrogens with zero attached hydrogens (tertiary/aromatic N) is 1. The summed E-state index contributed by atoms with van der Waals surface area (Å²) in [5.41, 5.74) is 0. The van der Waals surface area contributed by atoms with Crippen molar-refractivity contribution in [2.45, 2.75) is 57.7 Å². The summed E-state index contributed by atoms with van der Waals surface area (Å²) >= 11 is 0. The van der Waals surface area contributed by atoms with E-state index in [1.807, 2.05) is 0 Å². The monoisotopic (exact) mass is 223 g/mol. The Hall–Kier alpha value is -0.570. The van der Waals surface area contributed by atoms with Gasteiger partial charge in [0.25, 0.3) is 0 Å². The molecule has 3 unspecified atom stereocenters. The third-order valence-corrected chi connectivity index (χ3v) is 4.48. The molecular weight excluding hydrogens is 202 g/mol. The van der Waals surface area contributed by atoms with Gasteiger partial charge in [0.1, 0.15) is 6.23 Å². The lowest BCUT2D eigenvalue weighted by atomic mass is 9.87. The van der Waals surface area contributed by atoms with E-state index in [9.17, 15) is 4.79 Å². The molecule has 3 fully saturated rings. The lowest BCUT2D eigenvalue weighted by Crippen LogP contribution is -2.41. The average Bonchev–Trinajstić information content (AvgIpc) is 2.83. The molecule has 1 amide bonds. The molecule has 3 heteroatoms. The first kappa shape index (κ1) is 10.6. The van der Waals surface area contributed by atoms with Gasteiger partial charge in [0.05, 0.1) is 12.6 Å². The summed E-state index contributed by atoms with van der Waals surface area (Å²) in [7, 11) is 0. The van der Waals surface area contributed by atoms with Crippen molar-refractivity contribution in [1.82, 2.24) is 4.90 Å². The molecule has 16 heavy (non-hydrogen) atoms. The van der Waals surface area contributed by atoms with Crippen LogP contribution in [0.4, 0.5) is 0 Å². The van der Waals surface area contributed by atoms with Crippen LogP contribution in [0.25, 0.3) is 0 Å². The Morgan fingerprint density at radius 1 is 1.25 bits per heavy atom. The molecule has 3 atom stereocenters. The van der Waals surface area contributed by atoms with Crippen molar-refractivity contribution in [2.24, 2.45) is 11.8 Å². The number of carbonyl (C=O) groups excluding carboxylic acids is 1. The third-order valence-electron chi connectivity index (χ3n) is 4.48. The molecule has 1 aliphatic carbocycles. The lowest BCUT2D eigenvalue weighted by Gasteiger charge is -2.32. The maximum Gasteiger partial charge on any atom is 0.227 e. The molecular formula is C13H21NO2. The van der Waals surface area contributed by atoms with Crippen molar-refractivity contribution in [1.29, 1.82) is 0 Å². The highest BCUT2D eigenvalue weighted by Gasteiger charge is 2.48. The van der Waals surface area contributed by atoms with Crippen LogP contribution in [0.15, 0.2) is 0 Å². The van der Waals surface area contributed by atoms with E-state index in [-0.39, 0.29) is 12.1 Å². The minimum atomic E-state index is 0.114. The Bertz CT molecular complexity index is 286. The molecule has 90 valence electrons. The summed E-state index contributed by atoms with van der Waals surface area (Å²) in [6, 6.07) is 0.384. The molecule has 3 nitrogen and oxygen atoms in total. The predicted octanol–water partition coefficient (Wildman–Crippen LogP) is 2.16. The highest BCUT2D eigenvalue weighted by Crippen LogP contribution is 2.39. The number of hydrogen-bond donors (Lipinski definition) is 0. The Morgan fingerprint density at radius 2 is 2.00 bits per heavy atom. The quantitative estimate of drug-likeness (QED) is 0.681. The second-order valence-corrected chi connectivity index (χ2v) is 5.66. The van der Waals surface area contributed by atoms with Gasteiger partial charge in [0.2, 0.25) is 5.91 Å². The van der Waals surface area contributed by atoms with Crippen LogP contribution in [0.1, 0.15) is 45.4 Å². The molecule has 1 saturated carbocycles.